The van der Waals surface area contributed by atoms with Crippen LogP contribution >= 0.6 is 0 Å². The number of carbonyl (C=O) groups is 2. The first-order chi connectivity index (χ1) is 14.9. The van der Waals surface area contributed by atoms with E-state index in [4.69, 9.17) is 14.2 Å². The van der Waals surface area contributed by atoms with Crippen LogP contribution in [0.4, 0.5) is 0 Å². The topological polar surface area (TPSA) is 82.1 Å². The molecule has 6 heteroatoms. The van der Waals surface area contributed by atoms with E-state index in [9.17, 15) is 14.7 Å². The second-order valence-electron chi connectivity index (χ2n) is 9.27. The van der Waals surface area contributed by atoms with Crippen LogP contribution in [0, 0.1) is 0 Å². The number of esters is 1. The Morgan fingerprint density at radius 3 is 2.48 bits per heavy atom. The third-order valence-corrected chi connectivity index (χ3v) is 6.45. The molecule has 2 heterocycles. The molecule has 0 aromatic heterocycles. The molecule has 3 aliphatic rings. The van der Waals surface area contributed by atoms with Gasteiger partial charge in [-0.05, 0) is 37.1 Å². The number of aliphatic hydroxyl groups excluding tert-OH is 1. The minimum atomic E-state index is -0.921. The monoisotopic (exact) mass is 434 g/mol. The average molecular weight is 435 g/mol. The van der Waals surface area contributed by atoms with E-state index in [0.717, 1.165) is 12.8 Å². The zero-order valence-corrected chi connectivity index (χ0v) is 18.9. The standard InChI is InChI=1S/C25H38O6/c1-2-3-4-5-6-7-8-9-16-29-23(28)18-22-17-21(27)19-25(30-22)15-14-24(31-25)12-10-20(26)11-13-24/h10-13,21-22,27H,2-9,14-19H2,1H3/t21-,22+,25-/m1/s1. The van der Waals surface area contributed by atoms with Crippen molar-refractivity contribution in [3.05, 3.63) is 24.3 Å². The summed E-state index contributed by atoms with van der Waals surface area (Å²) in [6.45, 7) is 2.66. The predicted molar refractivity (Wildman–Crippen MR) is 117 cm³/mol. The average Bonchev–Trinajstić information content (AvgIpc) is 3.05. The van der Waals surface area contributed by atoms with Gasteiger partial charge in [-0.2, -0.15) is 0 Å². The molecule has 0 radical (unpaired) electrons. The minimum absolute atomic E-state index is 0.0584. The highest BCUT2D eigenvalue weighted by Crippen LogP contribution is 2.47. The molecule has 6 nitrogen and oxygen atoms in total. The molecule has 174 valence electrons. The van der Waals surface area contributed by atoms with Crippen LogP contribution in [-0.2, 0) is 23.8 Å². The fraction of sp³-hybridized carbons (Fsp3) is 0.760. The van der Waals surface area contributed by atoms with E-state index in [1.54, 1.807) is 12.2 Å². The van der Waals surface area contributed by atoms with Crippen molar-refractivity contribution in [3.8, 4) is 0 Å². The number of allylic oxidation sites excluding steroid dienone is 2. The normalized spacial score (nSPS) is 29.2. The molecule has 0 unspecified atom stereocenters. The molecule has 31 heavy (non-hydrogen) atoms. The van der Waals surface area contributed by atoms with Gasteiger partial charge in [0.15, 0.2) is 11.6 Å². The van der Waals surface area contributed by atoms with Crippen molar-refractivity contribution in [3.63, 3.8) is 0 Å². The highest BCUT2D eigenvalue weighted by molar-refractivity contribution is 6.00. The number of carbonyl (C=O) groups excluding carboxylic acids is 2. The Bertz CT molecular complexity index is 653. The fourth-order valence-corrected chi connectivity index (χ4v) is 4.79. The Labute approximate surface area is 186 Å². The molecular formula is C25H38O6. The second-order valence-corrected chi connectivity index (χ2v) is 9.27. The molecule has 2 fully saturated rings. The maximum absolute atomic E-state index is 12.3. The summed E-state index contributed by atoms with van der Waals surface area (Å²) in [4.78, 5) is 23.7. The van der Waals surface area contributed by atoms with Gasteiger partial charge in [0.1, 0.15) is 5.60 Å². The minimum Gasteiger partial charge on any atom is -0.466 e. The van der Waals surface area contributed by atoms with Gasteiger partial charge >= 0.3 is 5.97 Å². The third kappa shape index (κ3) is 7.26. The van der Waals surface area contributed by atoms with Crippen LogP contribution in [0.1, 0.15) is 90.4 Å². The molecule has 0 bridgehead atoms. The molecule has 0 aromatic rings. The number of ether oxygens (including phenoxy) is 3. The van der Waals surface area contributed by atoms with Gasteiger partial charge in [-0.25, -0.2) is 0 Å². The summed E-state index contributed by atoms with van der Waals surface area (Å²) >= 11 is 0. The van der Waals surface area contributed by atoms with Crippen LogP contribution in [0.15, 0.2) is 24.3 Å². The SMILES string of the molecule is CCCCCCCCCCOC(=O)C[C@@H]1C[C@@H](O)C[C@]2(CCC3(C=CC(=O)C=C3)O2)O1. The lowest BCUT2D eigenvalue weighted by atomic mass is 9.92. The molecular weight excluding hydrogens is 396 g/mol. The first kappa shape index (κ1) is 24.1. The van der Waals surface area contributed by atoms with Gasteiger partial charge in [0.25, 0.3) is 0 Å². The first-order valence-corrected chi connectivity index (χ1v) is 12.1. The summed E-state index contributed by atoms with van der Waals surface area (Å²) in [6, 6.07) is 0. The summed E-state index contributed by atoms with van der Waals surface area (Å²) in [5.74, 6) is -1.26. The maximum Gasteiger partial charge on any atom is 0.308 e. The lowest BCUT2D eigenvalue weighted by Gasteiger charge is -2.41. The highest BCUT2D eigenvalue weighted by atomic mass is 16.7. The largest absolute Gasteiger partial charge is 0.466 e. The smallest absolute Gasteiger partial charge is 0.308 e. The maximum atomic E-state index is 12.3. The lowest BCUT2D eigenvalue weighted by Crippen LogP contribution is -2.48. The van der Waals surface area contributed by atoms with Crippen molar-refractivity contribution in [2.45, 2.75) is 114 Å². The number of hydrogen-bond acceptors (Lipinski definition) is 6. The van der Waals surface area contributed by atoms with Crippen LogP contribution < -0.4 is 0 Å². The van der Waals surface area contributed by atoms with Crippen LogP contribution in [0.2, 0.25) is 0 Å². The molecule has 0 aromatic carbocycles. The summed E-state index contributed by atoms with van der Waals surface area (Å²) in [6.07, 6.45) is 17.3. The zero-order valence-electron chi connectivity index (χ0n) is 18.9. The highest BCUT2D eigenvalue weighted by Gasteiger charge is 2.52. The number of ketones is 1. The van der Waals surface area contributed by atoms with Crippen molar-refractivity contribution in [1.29, 1.82) is 0 Å². The van der Waals surface area contributed by atoms with E-state index >= 15 is 0 Å². The lowest BCUT2D eigenvalue weighted by molar-refractivity contribution is -0.291. The van der Waals surface area contributed by atoms with Gasteiger partial charge in [0.05, 0.1) is 25.2 Å². The molecule has 0 saturated carbocycles. The van der Waals surface area contributed by atoms with Gasteiger partial charge in [0, 0.05) is 19.3 Å². The number of aliphatic hydroxyl groups is 1. The molecule has 3 rings (SSSR count). The molecule has 1 aliphatic carbocycles. The van der Waals surface area contributed by atoms with Crippen LogP contribution in [0.5, 0.6) is 0 Å². The predicted octanol–water partition coefficient (Wildman–Crippen LogP) is 4.54. The van der Waals surface area contributed by atoms with E-state index < -0.39 is 23.6 Å². The van der Waals surface area contributed by atoms with Gasteiger partial charge in [0.2, 0.25) is 0 Å². The first-order valence-electron chi connectivity index (χ1n) is 12.1. The van der Waals surface area contributed by atoms with E-state index in [-0.39, 0.29) is 18.2 Å². The number of unbranched alkanes of at least 4 members (excludes halogenated alkanes) is 7. The fourth-order valence-electron chi connectivity index (χ4n) is 4.79. The molecule has 1 N–H and O–H groups in total. The number of rotatable bonds is 11. The van der Waals surface area contributed by atoms with E-state index in [1.165, 1.54) is 50.7 Å². The van der Waals surface area contributed by atoms with Gasteiger partial charge < -0.3 is 19.3 Å². The molecule has 2 spiro atoms. The van der Waals surface area contributed by atoms with Crippen molar-refractivity contribution >= 4 is 11.8 Å². The van der Waals surface area contributed by atoms with Crippen LogP contribution in [0.3, 0.4) is 0 Å². The van der Waals surface area contributed by atoms with Crippen molar-refractivity contribution in [1.82, 2.24) is 0 Å². The van der Waals surface area contributed by atoms with Crippen molar-refractivity contribution in [2.75, 3.05) is 6.61 Å². The van der Waals surface area contributed by atoms with Gasteiger partial charge in [-0.15, -0.1) is 0 Å². The van der Waals surface area contributed by atoms with E-state index in [0.29, 0.717) is 32.3 Å². The Balaban J connectivity index is 1.37. The van der Waals surface area contributed by atoms with Crippen LogP contribution in [-0.4, -0.2) is 47.1 Å². The second kappa shape index (κ2) is 11.4. The molecule has 3 atom stereocenters. The van der Waals surface area contributed by atoms with E-state index in [1.807, 2.05) is 0 Å². The Kier molecular flexibility index (Phi) is 8.87. The summed E-state index contributed by atoms with van der Waals surface area (Å²) in [5, 5.41) is 10.4. The van der Waals surface area contributed by atoms with E-state index in [2.05, 4.69) is 6.92 Å². The summed E-state index contributed by atoms with van der Waals surface area (Å²) in [7, 11) is 0. The third-order valence-electron chi connectivity index (χ3n) is 6.45. The quantitative estimate of drug-likeness (QED) is 0.380. The van der Waals surface area contributed by atoms with Gasteiger partial charge in [-0.3, -0.25) is 9.59 Å². The van der Waals surface area contributed by atoms with Crippen molar-refractivity contribution in [2.24, 2.45) is 0 Å². The van der Waals surface area contributed by atoms with Crippen LogP contribution in [0.25, 0.3) is 0 Å². The Hall–Kier alpha value is -1.50. The van der Waals surface area contributed by atoms with Crippen molar-refractivity contribution < 1.29 is 28.9 Å². The summed E-state index contributed by atoms with van der Waals surface area (Å²) in [5.41, 5.74) is -0.660. The zero-order chi connectivity index (χ0) is 22.2. The molecule has 2 saturated heterocycles. The molecule has 2 aliphatic heterocycles. The molecule has 0 amide bonds. The Morgan fingerprint density at radius 1 is 1.10 bits per heavy atom. The van der Waals surface area contributed by atoms with Gasteiger partial charge in [-0.1, -0.05) is 51.9 Å². The Morgan fingerprint density at radius 2 is 1.77 bits per heavy atom. The summed E-state index contributed by atoms with van der Waals surface area (Å²) < 4.78 is 17.8. The number of hydrogen-bond donors (Lipinski definition) is 1.